The van der Waals surface area contributed by atoms with E-state index in [2.05, 4.69) is 11.8 Å². The average molecular weight is 234 g/mol. The van der Waals surface area contributed by atoms with Crippen molar-refractivity contribution in [1.29, 1.82) is 0 Å². The molecule has 0 fully saturated rings. The fourth-order valence-electron chi connectivity index (χ4n) is 2.04. The van der Waals surface area contributed by atoms with Crippen LogP contribution in [0.1, 0.15) is 48.0 Å². The minimum atomic E-state index is -1.20. The van der Waals surface area contributed by atoms with Gasteiger partial charge in [0.15, 0.2) is 11.4 Å². The molecule has 0 aromatic carbocycles. The topological polar surface area (TPSA) is 37.3 Å². The molecule has 1 rings (SSSR count). The Kier molecular flexibility index (Phi) is 3.29. The summed E-state index contributed by atoms with van der Waals surface area (Å²) in [7, 11) is 0. The zero-order valence-electron chi connectivity index (χ0n) is 11.6. The lowest BCUT2D eigenvalue weighted by atomic mass is 9.65. The van der Waals surface area contributed by atoms with Crippen molar-refractivity contribution in [2.24, 2.45) is 10.8 Å². The second-order valence-electron chi connectivity index (χ2n) is 6.56. The normalized spacial score (nSPS) is 28.2. The Labute approximate surface area is 104 Å². The highest BCUT2D eigenvalue weighted by atomic mass is 16.3. The quantitative estimate of drug-likeness (QED) is 0.654. The van der Waals surface area contributed by atoms with Crippen molar-refractivity contribution < 1.29 is 9.90 Å². The van der Waals surface area contributed by atoms with Crippen LogP contribution in [0.2, 0.25) is 0 Å². The van der Waals surface area contributed by atoms with Gasteiger partial charge >= 0.3 is 0 Å². The molecular formula is C15H22O2. The number of carbonyl (C=O) groups excluding carboxylic acids is 1. The van der Waals surface area contributed by atoms with Crippen molar-refractivity contribution in [2.45, 2.75) is 53.6 Å². The van der Waals surface area contributed by atoms with Crippen molar-refractivity contribution in [1.82, 2.24) is 0 Å². The molecule has 1 aliphatic rings. The van der Waals surface area contributed by atoms with Crippen LogP contribution in [-0.4, -0.2) is 16.5 Å². The third-order valence-corrected chi connectivity index (χ3v) is 3.16. The third-order valence-electron chi connectivity index (χ3n) is 3.16. The van der Waals surface area contributed by atoms with Gasteiger partial charge in [-0.2, -0.15) is 0 Å². The van der Waals surface area contributed by atoms with Gasteiger partial charge in [-0.1, -0.05) is 25.7 Å². The van der Waals surface area contributed by atoms with Crippen LogP contribution in [0.4, 0.5) is 0 Å². The third kappa shape index (κ3) is 2.79. The molecule has 1 aliphatic carbocycles. The number of hydrogen-bond acceptors (Lipinski definition) is 2. The smallest absolute Gasteiger partial charge is 0.156 e. The Morgan fingerprint density at radius 2 is 1.88 bits per heavy atom. The van der Waals surface area contributed by atoms with Crippen molar-refractivity contribution in [3.8, 4) is 11.8 Å². The second-order valence-corrected chi connectivity index (χ2v) is 6.56. The van der Waals surface area contributed by atoms with E-state index in [1.165, 1.54) is 6.08 Å². The molecule has 2 heteroatoms. The highest BCUT2D eigenvalue weighted by Gasteiger charge is 2.47. The second kappa shape index (κ2) is 3.99. The molecule has 0 amide bonds. The number of carbonyl (C=O) groups is 1. The van der Waals surface area contributed by atoms with E-state index in [0.29, 0.717) is 12.0 Å². The van der Waals surface area contributed by atoms with Crippen LogP contribution in [0, 0.1) is 22.7 Å². The summed E-state index contributed by atoms with van der Waals surface area (Å²) in [4.78, 5) is 11.5. The van der Waals surface area contributed by atoms with Crippen molar-refractivity contribution in [3.05, 3.63) is 11.6 Å². The Bertz CT molecular complexity index is 424. The molecule has 0 aromatic heterocycles. The number of ketones is 1. The van der Waals surface area contributed by atoms with Crippen LogP contribution < -0.4 is 0 Å². The molecule has 0 radical (unpaired) electrons. The van der Waals surface area contributed by atoms with E-state index in [-0.39, 0.29) is 11.2 Å². The highest BCUT2D eigenvalue weighted by Crippen LogP contribution is 2.42. The van der Waals surface area contributed by atoms with Crippen LogP contribution >= 0.6 is 0 Å². The predicted octanol–water partition coefficient (Wildman–Crippen LogP) is 2.71. The Balaban J connectivity index is 3.28. The lowest BCUT2D eigenvalue weighted by molar-refractivity contribution is -0.121. The van der Waals surface area contributed by atoms with Crippen LogP contribution in [0.5, 0.6) is 0 Å². The van der Waals surface area contributed by atoms with Gasteiger partial charge in [0.2, 0.25) is 0 Å². The summed E-state index contributed by atoms with van der Waals surface area (Å²) >= 11 is 0. The minimum Gasteiger partial charge on any atom is -0.373 e. The molecule has 1 N–H and O–H groups in total. The fourth-order valence-corrected chi connectivity index (χ4v) is 2.04. The zero-order chi connectivity index (χ0) is 13.5. The first-order chi connectivity index (χ1) is 7.48. The van der Waals surface area contributed by atoms with Crippen molar-refractivity contribution in [3.63, 3.8) is 0 Å². The maximum Gasteiger partial charge on any atom is 0.156 e. The maximum absolute atomic E-state index is 11.5. The van der Waals surface area contributed by atoms with Gasteiger partial charge in [0, 0.05) is 17.3 Å². The molecule has 1 atom stereocenters. The molecule has 2 nitrogen and oxygen atoms in total. The van der Waals surface area contributed by atoms with Gasteiger partial charge in [0.1, 0.15) is 0 Å². The van der Waals surface area contributed by atoms with Gasteiger partial charge in [-0.05, 0) is 39.3 Å². The molecule has 0 aliphatic heterocycles. The van der Waals surface area contributed by atoms with E-state index in [1.807, 2.05) is 34.6 Å². The lowest BCUT2D eigenvalue weighted by Gasteiger charge is -2.42. The van der Waals surface area contributed by atoms with Crippen LogP contribution in [0.3, 0.4) is 0 Å². The van der Waals surface area contributed by atoms with Gasteiger partial charge < -0.3 is 5.11 Å². The number of allylic oxidation sites excluding steroid dienone is 1. The van der Waals surface area contributed by atoms with Gasteiger partial charge in [0.25, 0.3) is 0 Å². The summed E-state index contributed by atoms with van der Waals surface area (Å²) < 4.78 is 0. The standard InChI is InChI=1S/C15H22O2/c1-11-9-12(16)10-14(5,6)15(11,17)8-7-13(2,3)4/h9,17H,10H2,1-6H3. The summed E-state index contributed by atoms with van der Waals surface area (Å²) in [6, 6.07) is 0. The summed E-state index contributed by atoms with van der Waals surface area (Å²) in [6.07, 6.45) is 1.85. The predicted molar refractivity (Wildman–Crippen MR) is 69.3 cm³/mol. The molecule has 0 heterocycles. The average Bonchev–Trinajstić information content (AvgIpc) is 2.09. The van der Waals surface area contributed by atoms with Gasteiger partial charge in [-0.3, -0.25) is 4.79 Å². The first-order valence-corrected chi connectivity index (χ1v) is 5.96. The Hall–Kier alpha value is -1.07. The highest BCUT2D eigenvalue weighted by molar-refractivity contribution is 5.93. The molecule has 0 saturated carbocycles. The van der Waals surface area contributed by atoms with Crippen LogP contribution in [-0.2, 0) is 4.79 Å². The largest absolute Gasteiger partial charge is 0.373 e. The molecule has 94 valence electrons. The first kappa shape index (κ1) is 14.0. The monoisotopic (exact) mass is 234 g/mol. The molecule has 0 bridgehead atoms. The molecular weight excluding hydrogens is 212 g/mol. The summed E-state index contributed by atoms with van der Waals surface area (Å²) in [5, 5.41) is 10.8. The Morgan fingerprint density at radius 1 is 1.35 bits per heavy atom. The fraction of sp³-hybridized carbons (Fsp3) is 0.667. The van der Waals surface area contributed by atoms with E-state index in [1.54, 1.807) is 6.92 Å². The number of aliphatic hydroxyl groups is 1. The van der Waals surface area contributed by atoms with E-state index >= 15 is 0 Å². The van der Waals surface area contributed by atoms with E-state index in [9.17, 15) is 9.90 Å². The molecule has 0 saturated heterocycles. The van der Waals surface area contributed by atoms with Gasteiger partial charge in [-0.15, -0.1) is 0 Å². The summed E-state index contributed by atoms with van der Waals surface area (Å²) in [5.74, 6) is 6.13. The van der Waals surface area contributed by atoms with Crippen molar-refractivity contribution in [2.75, 3.05) is 0 Å². The summed E-state index contributed by atoms with van der Waals surface area (Å²) in [6.45, 7) is 11.6. The SMILES string of the molecule is CC1=CC(=O)CC(C)(C)C1(O)C#CC(C)(C)C. The van der Waals surface area contributed by atoms with Crippen LogP contribution in [0.15, 0.2) is 11.6 Å². The van der Waals surface area contributed by atoms with Gasteiger partial charge in [0.05, 0.1) is 0 Å². The lowest BCUT2D eigenvalue weighted by Crippen LogP contribution is -2.48. The molecule has 1 unspecified atom stereocenters. The molecule has 0 spiro atoms. The zero-order valence-corrected chi connectivity index (χ0v) is 11.6. The first-order valence-electron chi connectivity index (χ1n) is 5.96. The van der Waals surface area contributed by atoms with E-state index in [4.69, 9.17) is 0 Å². The number of rotatable bonds is 0. The van der Waals surface area contributed by atoms with E-state index in [0.717, 1.165) is 0 Å². The Morgan fingerprint density at radius 3 is 2.29 bits per heavy atom. The summed E-state index contributed by atoms with van der Waals surface area (Å²) in [5.41, 5.74) is -1.25. The van der Waals surface area contributed by atoms with Crippen LogP contribution in [0.25, 0.3) is 0 Å². The minimum absolute atomic E-state index is 0.0646. The molecule has 17 heavy (non-hydrogen) atoms. The maximum atomic E-state index is 11.5. The van der Waals surface area contributed by atoms with E-state index < -0.39 is 11.0 Å². The number of hydrogen-bond donors (Lipinski definition) is 1. The van der Waals surface area contributed by atoms with Crippen molar-refractivity contribution >= 4 is 5.78 Å². The van der Waals surface area contributed by atoms with Gasteiger partial charge in [-0.25, -0.2) is 0 Å². The molecule has 0 aromatic rings.